The molecule has 202 valence electrons. The SMILES string of the molecule is CNc1ccc(-c2ccc(NC(=O)c3ccc(C(C)=O)cc3S(=O)(=O)O)cc2S(=O)(=O)O)cc1.O=S(=O)=O. The van der Waals surface area contributed by atoms with Crippen molar-refractivity contribution in [2.75, 3.05) is 17.7 Å². The summed E-state index contributed by atoms with van der Waals surface area (Å²) in [5, 5.41) is 5.27. The lowest BCUT2D eigenvalue weighted by atomic mass is 10.0. The Labute approximate surface area is 219 Å². The van der Waals surface area contributed by atoms with Gasteiger partial charge in [-0.25, -0.2) is 0 Å². The van der Waals surface area contributed by atoms with Gasteiger partial charge in [-0.05, 0) is 48.9 Å². The minimum absolute atomic E-state index is 0.0357. The first-order valence-corrected chi connectivity index (χ1v) is 14.0. The van der Waals surface area contributed by atoms with Gasteiger partial charge < -0.3 is 10.6 Å². The molecule has 16 heteroatoms. The van der Waals surface area contributed by atoms with Crippen molar-refractivity contribution < 1.29 is 48.2 Å². The van der Waals surface area contributed by atoms with Crippen LogP contribution in [-0.4, -0.2) is 57.3 Å². The number of Topliss-reactive ketones (excluding diaryl/α,β-unsaturated/α-hetero) is 1. The summed E-state index contributed by atoms with van der Waals surface area (Å²) in [5.74, 6) is -1.47. The molecule has 0 heterocycles. The fourth-order valence-corrected chi connectivity index (χ4v) is 4.66. The summed E-state index contributed by atoms with van der Waals surface area (Å²) in [6, 6.07) is 13.6. The Hall–Kier alpha value is -3.96. The molecule has 0 saturated heterocycles. The van der Waals surface area contributed by atoms with E-state index in [9.17, 15) is 35.5 Å². The van der Waals surface area contributed by atoms with E-state index >= 15 is 0 Å². The molecule has 3 rings (SSSR count). The van der Waals surface area contributed by atoms with Crippen molar-refractivity contribution in [2.24, 2.45) is 0 Å². The number of anilines is 2. The van der Waals surface area contributed by atoms with Gasteiger partial charge in [-0.15, -0.1) is 12.6 Å². The van der Waals surface area contributed by atoms with Crippen molar-refractivity contribution in [1.82, 2.24) is 0 Å². The average molecular weight is 585 g/mol. The van der Waals surface area contributed by atoms with E-state index in [0.29, 0.717) is 5.56 Å². The summed E-state index contributed by atoms with van der Waals surface area (Å²) in [6.07, 6.45) is 0. The van der Waals surface area contributed by atoms with Gasteiger partial charge in [0.25, 0.3) is 26.1 Å². The van der Waals surface area contributed by atoms with Crippen LogP contribution in [0.2, 0.25) is 0 Å². The predicted octanol–water partition coefficient (Wildman–Crippen LogP) is 2.34. The maximum absolute atomic E-state index is 12.8. The van der Waals surface area contributed by atoms with E-state index in [2.05, 4.69) is 10.6 Å². The minimum atomic E-state index is -4.86. The smallest absolute Gasteiger partial charge is 0.388 e. The van der Waals surface area contributed by atoms with E-state index in [4.69, 9.17) is 12.6 Å². The third kappa shape index (κ3) is 8.02. The van der Waals surface area contributed by atoms with Gasteiger partial charge in [0.1, 0.15) is 9.79 Å². The number of ketones is 1. The molecule has 13 nitrogen and oxygen atoms in total. The fourth-order valence-electron chi connectivity index (χ4n) is 3.21. The average Bonchev–Trinajstić information content (AvgIpc) is 2.82. The van der Waals surface area contributed by atoms with Crippen LogP contribution in [0.5, 0.6) is 0 Å². The number of carbonyl (C=O) groups is 2. The molecule has 0 radical (unpaired) electrons. The van der Waals surface area contributed by atoms with Gasteiger partial charge in [-0.3, -0.25) is 18.7 Å². The van der Waals surface area contributed by atoms with E-state index in [1.807, 2.05) is 0 Å². The molecule has 0 aliphatic heterocycles. The zero-order valence-corrected chi connectivity index (χ0v) is 22.0. The molecule has 1 amide bonds. The zero-order valence-electron chi connectivity index (χ0n) is 19.6. The van der Waals surface area contributed by atoms with Crippen LogP contribution in [-0.2, 0) is 30.8 Å². The molecule has 0 unspecified atom stereocenters. The van der Waals surface area contributed by atoms with Crippen molar-refractivity contribution in [1.29, 1.82) is 0 Å². The predicted molar refractivity (Wildman–Crippen MR) is 135 cm³/mol. The lowest BCUT2D eigenvalue weighted by Crippen LogP contribution is -2.17. The number of carbonyl (C=O) groups excluding carboxylic acids is 2. The Morgan fingerprint density at radius 2 is 1.29 bits per heavy atom. The van der Waals surface area contributed by atoms with E-state index < -0.39 is 57.9 Å². The number of nitrogens with one attached hydrogen (secondary N) is 2. The van der Waals surface area contributed by atoms with Gasteiger partial charge in [0.15, 0.2) is 5.78 Å². The quantitative estimate of drug-likeness (QED) is 0.232. The highest BCUT2D eigenvalue weighted by molar-refractivity contribution is 7.86. The van der Waals surface area contributed by atoms with Crippen LogP contribution in [0.15, 0.2) is 70.5 Å². The minimum Gasteiger partial charge on any atom is -0.388 e. The van der Waals surface area contributed by atoms with Crippen molar-refractivity contribution in [3.05, 3.63) is 71.8 Å². The molecular weight excluding hydrogens is 564 g/mol. The molecule has 0 aromatic heterocycles. The largest absolute Gasteiger partial charge is 0.425 e. The molecule has 3 aromatic rings. The van der Waals surface area contributed by atoms with Gasteiger partial charge in [-0.2, -0.15) is 16.8 Å². The molecular formula is C22H20N2O11S3. The second kappa shape index (κ2) is 12.1. The van der Waals surface area contributed by atoms with Crippen LogP contribution in [0.4, 0.5) is 11.4 Å². The van der Waals surface area contributed by atoms with E-state index in [1.54, 1.807) is 31.3 Å². The summed E-state index contributed by atoms with van der Waals surface area (Å²) in [5.41, 5.74) is 0.876. The highest BCUT2D eigenvalue weighted by Crippen LogP contribution is 2.31. The van der Waals surface area contributed by atoms with Gasteiger partial charge in [0, 0.05) is 29.5 Å². The number of rotatable bonds is 7. The maximum atomic E-state index is 12.8. The molecule has 0 spiro atoms. The van der Waals surface area contributed by atoms with Crippen LogP contribution < -0.4 is 10.6 Å². The summed E-state index contributed by atoms with van der Waals surface area (Å²) < 4.78 is 92.2. The second-order valence-electron chi connectivity index (χ2n) is 7.41. The highest BCUT2D eigenvalue weighted by atomic mass is 32.2. The summed E-state index contributed by atoms with van der Waals surface area (Å²) in [4.78, 5) is 23.0. The third-order valence-electron chi connectivity index (χ3n) is 4.91. The van der Waals surface area contributed by atoms with Crippen LogP contribution in [0.1, 0.15) is 27.6 Å². The molecule has 0 atom stereocenters. The van der Waals surface area contributed by atoms with E-state index in [1.165, 1.54) is 25.1 Å². The lowest BCUT2D eigenvalue weighted by molar-refractivity contribution is 0.100. The fraction of sp³-hybridized carbons (Fsp3) is 0.0909. The molecule has 4 N–H and O–H groups in total. The normalized spacial score (nSPS) is 11.1. The number of hydrogen-bond acceptors (Lipinski definition) is 10. The van der Waals surface area contributed by atoms with Crippen LogP contribution in [0.3, 0.4) is 0 Å². The molecule has 0 bridgehead atoms. The number of amides is 1. The maximum Gasteiger partial charge on any atom is 0.425 e. The Balaban J connectivity index is 0.00000118. The summed E-state index contributed by atoms with van der Waals surface area (Å²) in [6.45, 7) is 1.19. The summed E-state index contributed by atoms with van der Waals surface area (Å²) >= 11 is 0. The van der Waals surface area contributed by atoms with Crippen molar-refractivity contribution in [3.63, 3.8) is 0 Å². The molecule has 0 saturated carbocycles. The molecule has 38 heavy (non-hydrogen) atoms. The lowest BCUT2D eigenvalue weighted by Gasteiger charge is -2.13. The highest BCUT2D eigenvalue weighted by Gasteiger charge is 2.23. The van der Waals surface area contributed by atoms with Gasteiger partial charge in [-0.1, -0.05) is 24.3 Å². The number of hydrogen-bond donors (Lipinski definition) is 4. The zero-order chi connectivity index (χ0) is 28.8. The Morgan fingerprint density at radius 1 is 0.763 bits per heavy atom. The monoisotopic (exact) mass is 584 g/mol. The number of benzene rings is 3. The first-order valence-electron chi connectivity index (χ1n) is 10.1. The van der Waals surface area contributed by atoms with Crippen LogP contribution >= 0.6 is 0 Å². The van der Waals surface area contributed by atoms with Crippen LogP contribution in [0, 0.1) is 0 Å². The molecule has 0 aliphatic carbocycles. The standard InChI is InChI=1S/C22H20N2O8S2.O3S/c1-13(25)15-5-9-19(20(11-15)33(27,28)29)22(26)24-17-8-10-18(21(12-17)34(30,31)32)14-3-6-16(23-2)7-4-14;1-4(2)3/h3-12,23H,1-2H3,(H,24,26)(H,27,28,29)(H,30,31,32);. The van der Waals surface area contributed by atoms with Crippen molar-refractivity contribution >= 4 is 53.9 Å². The third-order valence-corrected chi connectivity index (χ3v) is 6.70. The van der Waals surface area contributed by atoms with Gasteiger partial charge in [0.2, 0.25) is 0 Å². The molecule has 0 fully saturated rings. The van der Waals surface area contributed by atoms with Crippen molar-refractivity contribution in [3.8, 4) is 11.1 Å². The van der Waals surface area contributed by atoms with Gasteiger partial charge in [0.05, 0.1) is 5.56 Å². The second-order valence-corrected chi connectivity index (χ2v) is 10.6. The topological polar surface area (TPSA) is 218 Å². The summed E-state index contributed by atoms with van der Waals surface area (Å²) in [7, 11) is -11.0. The van der Waals surface area contributed by atoms with Crippen LogP contribution in [0.25, 0.3) is 11.1 Å². The molecule has 0 aliphatic rings. The van der Waals surface area contributed by atoms with Crippen molar-refractivity contribution in [2.45, 2.75) is 16.7 Å². The van der Waals surface area contributed by atoms with E-state index in [-0.39, 0.29) is 16.8 Å². The Bertz CT molecular complexity index is 1710. The van der Waals surface area contributed by atoms with E-state index in [0.717, 1.165) is 23.9 Å². The Kier molecular flexibility index (Phi) is 9.60. The Morgan fingerprint density at radius 3 is 1.76 bits per heavy atom. The molecule has 3 aromatic carbocycles. The first kappa shape index (κ1) is 30.3. The first-order chi connectivity index (χ1) is 17.5. The van der Waals surface area contributed by atoms with Gasteiger partial charge >= 0.3 is 10.6 Å².